The van der Waals surface area contributed by atoms with Crippen molar-refractivity contribution in [1.29, 1.82) is 0 Å². The smallest absolute Gasteiger partial charge is 0.265 e. The molecule has 0 aliphatic carbocycles. The van der Waals surface area contributed by atoms with Crippen LogP contribution in [0.3, 0.4) is 0 Å². The molecule has 0 radical (unpaired) electrons. The zero-order valence-corrected chi connectivity index (χ0v) is 17.0. The Morgan fingerprint density at radius 3 is 2.52 bits per heavy atom. The molecule has 150 valence electrons. The number of pyridine rings is 2. The molecule has 0 spiro atoms. The Hall–Kier alpha value is -2.99. The molecule has 1 aromatic carbocycles. The predicted octanol–water partition coefficient (Wildman–Crippen LogP) is 3.00. The molecule has 6 nitrogen and oxygen atoms in total. The van der Waals surface area contributed by atoms with Crippen LogP contribution in [0.5, 0.6) is 0 Å². The van der Waals surface area contributed by atoms with Gasteiger partial charge in [0, 0.05) is 24.7 Å². The average molecular weight is 391 g/mol. The van der Waals surface area contributed by atoms with Crippen molar-refractivity contribution in [2.24, 2.45) is 0 Å². The minimum atomic E-state index is -0.312. The number of hydrogen-bond acceptors (Lipinski definition) is 4. The van der Waals surface area contributed by atoms with Crippen molar-refractivity contribution < 1.29 is 9.53 Å². The van der Waals surface area contributed by atoms with Gasteiger partial charge in [0.05, 0.1) is 18.8 Å². The molecule has 1 aliphatic rings. The molecule has 3 aromatic rings. The SMILES string of the molecule is Cc1ccc(Cn2c(=O)c(C(=O)N3C[C@@H](C)O[C@@H](C)C3)cc3cccnc32)cc1. The minimum Gasteiger partial charge on any atom is -0.372 e. The predicted molar refractivity (Wildman–Crippen MR) is 112 cm³/mol. The van der Waals surface area contributed by atoms with Crippen LogP contribution in [0.2, 0.25) is 0 Å². The summed E-state index contributed by atoms with van der Waals surface area (Å²) >= 11 is 0. The van der Waals surface area contributed by atoms with E-state index in [-0.39, 0.29) is 29.2 Å². The molecule has 0 saturated carbocycles. The first-order valence-electron chi connectivity index (χ1n) is 9.91. The summed E-state index contributed by atoms with van der Waals surface area (Å²) in [5.74, 6) is -0.250. The number of rotatable bonds is 3. The second-order valence-corrected chi connectivity index (χ2v) is 7.82. The highest BCUT2D eigenvalue weighted by Crippen LogP contribution is 2.17. The maximum absolute atomic E-state index is 13.3. The van der Waals surface area contributed by atoms with Crippen LogP contribution in [-0.2, 0) is 11.3 Å². The Morgan fingerprint density at radius 1 is 1.14 bits per heavy atom. The number of fused-ring (bicyclic) bond motifs is 1. The third-order valence-corrected chi connectivity index (χ3v) is 5.25. The third kappa shape index (κ3) is 3.93. The second kappa shape index (κ2) is 7.79. The van der Waals surface area contributed by atoms with Gasteiger partial charge < -0.3 is 9.64 Å². The molecule has 0 N–H and O–H groups in total. The standard InChI is InChI=1S/C23H25N3O3/c1-15-6-8-18(9-7-15)14-26-21-19(5-4-10-24-21)11-20(23(26)28)22(27)25-12-16(2)29-17(3)13-25/h4-11,16-17H,12-14H2,1-3H3/t16-,17+. The van der Waals surface area contributed by atoms with Gasteiger partial charge in [0.1, 0.15) is 11.2 Å². The summed E-state index contributed by atoms with van der Waals surface area (Å²) in [7, 11) is 0. The van der Waals surface area contributed by atoms with Crippen LogP contribution in [0.1, 0.15) is 35.3 Å². The highest BCUT2D eigenvalue weighted by molar-refractivity contribution is 5.97. The van der Waals surface area contributed by atoms with E-state index in [1.807, 2.05) is 57.2 Å². The highest BCUT2D eigenvalue weighted by Gasteiger charge is 2.29. The molecule has 1 aliphatic heterocycles. The van der Waals surface area contributed by atoms with E-state index in [1.165, 1.54) is 0 Å². The van der Waals surface area contributed by atoms with Gasteiger partial charge in [-0.05, 0) is 44.5 Å². The number of benzene rings is 1. The van der Waals surface area contributed by atoms with E-state index in [0.717, 1.165) is 16.5 Å². The van der Waals surface area contributed by atoms with Crippen molar-refractivity contribution in [3.8, 4) is 0 Å². The number of carbonyl (C=O) groups excluding carboxylic acids is 1. The lowest BCUT2D eigenvalue weighted by Gasteiger charge is -2.35. The topological polar surface area (TPSA) is 64.4 Å². The van der Waals surface area contributed by atoms with Gasteiger partial charge in [-0.15, -0.1) is 0 Å². The molecule has 2 aromatic heterocycles. The van der Waals surface area contributed by atoms with E-state index in [2.05, 4.69) is 4.98 Å². The lowest BCUT2D eigenvalue weighted by molar-refractivity contribution is -0.0586. The van der Waals surface area contributed by atoms with E-state index < -0.39 is 0 Å². The summed E-state index contributed by atoms with van der Waals surface area (Å²) in [5.41, 5.74) is 2.59. The van der Waals surface area contributed by atoms with Crippen molar-refractivity contribution in [2.75, 3.05) is 13.1 Å². The monoisotopic (exact) mass is 391 g/mol. The van der Waals surface area contributed by atoms with Crippen molar-refractivity contribution in [2.45, 2.75) is 39.5 Å². The largest absolute Gasteiger partial charge is 0.372 e. The highest BCUT2D eigenvalue weighted by atomic mass is 16.5. The fraction of sp³-hybridized carbons (Fsp3) is 0.348. The van der Waals surface area contributed by atoms with Crippen molar-refractivity contribution >= 4 is 16.9 Å². The fourth-order valence-corrected chi connectivity index (χ4v) is 3.90. The zero-order chi connectivity index (χ0) is 20.5. The van der Waals surface area contributed by atoms with E-state index in [4.69, 9.17) is 4.74 Å². The summed E-state index contributed by atoms with van der Waals surface area (Å²) in [5, 5.41) is 0.775. The first-order chi connectivity index (χ1) is 13.9. The molecule has 6 heteroatoms. The number of amides is 1. The van der Waals surface area contributed by atoms with Gasteiger partial charge >= 0.3 is 0 Å². The van der Waals surface area contributed by atoms with Gasteiger partial charge in [-0.1, -0.05) is 29.8 Å². The molecule has 1 amide bonds. The molecule has 0 unspecified atom stereocenters. The number of ether oxygens (including phenoxy) is 1. The van der Waals surface area contributed by atoms with Crippen LogP contribution in [0.4, 0.5) is 0 Å². The van der Waals surface area contributed by atoms with Gasteiger partial charge in [-0.2, -0.15) is 0 Å². The first-order valence-corrected chi connectivity index (χ1v) is 9.91. The average Bonchev–Trinajstić information content (AvgIpc) is 2.70. The van der Waals surface area contributed by atoms with E-state index in [9.17, 15) is 9.59 Å². The van der Waals surface area contributed by atoms with Gasteiger partial charge in [0.15, 0.2) is 0 Å². The summed E-state index contributed by atoms with van der Waals surface area (Å²) < 4.78 is 7.33. The first kappa shape index (κ1) is 19.3. The summed E-state index contributed by atoms with van der Waals surface area (Å²) in [6.45, 7) is 7.23. The molecule has 3 heterocycles. The lowest BCUT2D eigenvalue weighted by atomic mass is 10.1. The van der Waals surface area contributed by atoms with Crippen LogP contribution in [0.25, 0.3) is 11.0 Å². The van der Waals surface area contributed by atoms with Gasteiger partial charge in [0.2, 0.25) is 0 Å². The molecule has 4 rings (SSSR count). The van der Waals surface area contributed by atoms with E-state index in [0.29, 0.717) is 25.3 Å². The Kier molecular flexibility index (Phi) is 5.20. The molecular weight excluding hydrogens is 366 g/mol. The number of aryl methyl sites for hydroxylation is 1. The van der Waals surface area contributed by atoms with Crippen LogP contribution in [-0.4, -0.2) is 45.7 Å². The van der Waals surface area contributed by atoms with Crippen molar-refractivity contribution in [3.05, 3.63) is 75.7 Å². The van der Waals surface area contributed by atoms with Crippen molar-refractivity contribution in [3.63, 3.8) is 0 Å². The normalized spacial score (nSPS) is 19.5. The van der Waals surface area contributed by atoms with Gasteiger partial charge in [-0.25, -0.2) is 4.98 Å². The van der Waals surface area contributed by atoms with Gasteiger partial charge in [-0.3, -0.25) is 14.2 Å². The molecule has 1 fully saturated rings. The van der Waals surface area contributed by atoms with Crippen molar-refractivity contribution in [1.82, 2.24) is 14.5 Å². The number of morpholine rings is 1. The minimum absolute atomic E-state index is 0.0559. The summed E-state index contributed by atoms with van der Waals surface area (Å²) in [6.07, 6.45) is 1.56. The number of aromatic nitrogens is 2. The van der Waals surface area contributed by atoms with Crippen LogP contribution in [0.15, 0.2) is 53.5 Å². The number of carbonyl (C=O) groups is 1. The molecular formula is C23H25N3O3. The number of nitrogens with zero attached hydrogens (tertiary/aromatic N) is 3. The number of hydrogen-bond donors (Lipinski definition) is 0. The zero-order valence-electron chi connectivity index (χ0n) is 17.0. The second-order valence-electron chi connectivity index (χ2n) is 7.82. The Bertz CT molecular complexity index is 1090. The van der Waals surface area contributed by atoms with E-state index in [1.54, 1.807) is 21.7 Å². The van der Waals surface area contributed by atoms with Crippen LogP contribution >= 0.6 is 0 Å². The quantitative estimate of drug-likeness (QED) is 0.689. The molecule has 1 saturated heterocycles. The summed E-state index contributed by atoms with van der Waals surface area (Å²) in [6, 6.07) is 13.4. The Balaban J connectivity index is 1.79. The van der Waals surface area contributed by atoms with E-state index >= 15 is 0 Å². The maximum atomic E-state index is 13.3. The van der Waals surface area contributed by atoms with Crippen LogP contribution < -0.4 is 5.56 Å². The Morgan fingerprint density at radius 2 is 1.83 bits per heavy atom. The fourth-order valence-electron chi connectivity index (χ4n) is 3.90. The third-order valence-electron chi connectivity index (χ3n) is 5.25. The maximum Gasteiger partial charge on any atom is 0.265 e. The molecule has 2 atom stereocenters. The van der Waals surface area contributed by atoms with Gasteiger partial charge in [0.25, 0.3) is 11.5 Å². The molecule has 29 heavy (non-hydrogen) atoms. The lowest BCUT2D eigenvalue weighted by Crippen LogP contribution is -2.49. The van der Waals surface area contributed by atoms with Crippen LogP contribution in [0, 0.1) is 6.92 Å². The molecule has 0 bridgehead atoms. The summed E-state index contributed by atoms with van der Waals surface area (Å²) in [4.78, 5) is 32.7. The Labute approximate surface area is 169 Å².